The van der Waals surface area contributed by atoms with Crippen LogP contribution in [0.25, 0.3) is 77.6 Å². The monoisotopic (exact) mass is 953 g/mol. The molecule has 74 heavy (non-hydrogen) atoms. The average molecular weight is 954 g/mol. The molecule has 3 aliphatic rings. The zero-order valence-electron chi connectivity index (χ0n) is 43.6. The summed E-state index contributed by atoms with van der Waals surface area (Å²) in [5, 5.41) is 2.23. The van der Waals surface area contributed by atoms with Crippen molar-refractivity contribution in [1.82, 2.24) is 0 Å². The second-order valence-corrected chi connectivity index (χ2v) is 23.6. The number of benzene rings is 10. The van der Waals surface area contributed by atoms with Crippen molar-refractivity contribution in [2.24, 2.45) is 0 Å². The first kappa shape index (κ1) is 44.5. The van der Waals surface area contributed by atoms with E-state index in [2.05, 4.69) is 273 Å². The van der Waals surface area contributed by atoms with Crippen molar-refractivity contribution in [3.8, 4) is 55.6 Å². The zero-order chi connectivity index (χ0) is 50.5. The van der Waals surface area contributed by atoms with E-state index in [9.17, 15) is 0 Å². The number of hydrogen-bond donors (Lipinski definition) is 0. The van der Waals surface area contributed by atoms with Crippen LogP contribution in [0.15, 0.2) is 217 Å². The Morgan fingerprint density at radius 3 is 1.47 bits per heavy atom. The van der Waals surface area contributed by atoms with Crippen LogP contribution in [0.5, 0.6) is 0 Å². The van der Waals surface area contributed by atoms with Gasteiger partial charge in [-0.05, 0) is 125 Å². The average Bonchev–Trinajstić information content (AvgIpc) is 4.14. The lowest BCUT2D eigenvalue weighted by Gasteiger charge is -2.34. The molecule has 0 saturated heterocycles. The second-order valence-electron chi connectivity index (χ2n) is 23.6. The lowest BCUT2D eigenvalue weighted by atomic mass is 9.68. The van der Waals surface area contributed by atoms with E-state index in [0.29, 0.717) is 0 Å². The Kier molecular flexibility index (Phi) is 9.41. The third-order valence-electron chi connectivity index (χ3n) is 17.0. The summed E-state index contributed by atoms with van der Waals surface area (Å²) in [6, 6.07) is 80.3. The van der Waals surface area contributed by atoms with Crippen LogP contribution >= 0.6 is 0 Å². The summed E-state index contributed by atoms with van der Waals surface area (Å²) < 4.78 is 6.85. The molecule has 0 aliphatic heterocycles. The van der Waals surface area contributed by atoms with Crippen molar-refractivity contribution in [2.45, 2.75) is 77.0 Å². The van der Waals surface area contributed by atoms with Gasteiger partial charge in [-0.3, -0.25) is 0 Å². The lowest BCUT2D eigenvalue weighted by Crippen LogP contribution is -2.27. The van der Waals surface area contributed by atoms with Crippen LogP contribution in [0.2, 0.25) is 0 Å². The van der Waals surface area contributed by atoms with Crippen molar-refractivity contribution in [3.63, 3.8) is 0 Å². The summed E-state index contributed by atoms with van der Waals surface area (Å²) in [6.07, 6.45) is 0. The number of para-hydroxylation sites is 4. The largest absolute Gasteiger partial charge is 0.455 e. The molecule has 1 aromatic heterocycles. The van der Waals surface area contributed by atoms with Crippen LogP contribution in [-0.2, 0) is 21.7 Å². The molecule has 11 aromatic rings. The molecule has 1 spiro atoms. The number of anilines is 3. The maximum absolute atomic E-state index is 6.85. The number of nitrogens with zero attached hydrogens (tertiary/aromatic N) is 1. The number of furan rings is 1. The molecule has 0 saturated carbocycles. The fourth-order valence-electron chi connectivity index (χ4n) is 13.4. The summed E-state index contributed by atoms with van der Waals surface area (Å²) in [4.78, 5) is 2.56. The van der Waals surface area contributed by atoms with Gasteiger partial charge in [-0.25, -0.2) is 0 Å². The highest BCUT2D eigenvalue weighted by Gasteiger charge is 2.52. The normalized spacial score (nSPS) is 14.4. The van der Waals surface area contributed by atoms with E-state index in [0.717, 1.165) is 50.1 Å². The van der Waals surface area contributed by atoms with Crippen LogP contribution < -0.4 is 4.90 Å². The smallest absolute Gasteiger partial charge is 0.143 e. The Bertz CT molecular complexity index is 4080. The Morgan fingerprint density at radius 1 is 0.351 bits per heavy atom. The minimum atomic E-state index is -0.574. The van der Waals surface area contributed by atoms with E-state index in [1.165, 1.54) is 89.0 Å². The molecule has 2 nitrogen and oxygen atoms in total. The van der Waals surface area contributed by atoms with Crippen molar-refractivity contribution in [2.75, 3.05) is 4.90 Å². The Labute approximate surface area is 435 Å². The predicted octanol–water partition coefficient (Wildman–Crippen LogP) is 19.6. The topological polar surface area (TPSA) is 16.4 Å². The Balaban J connectivity index is 1.08. The summed E-state index contributed by atoms with van der Waals surface area (Å²) in [6.45, 7) is 18.8. The summed E-state index contributed by atoms with van der Waals surface area (Å²) in [5.74, 6) is 0. The Morgan fingerprint density at radius 2 is 0.811 bits per heavy atom. The van der Waals surface area contributed by atoms with Crippen LogP contribution in [0.1, 0.15) is 99.9 Å². The van der Waals surface area contributed by atoms with E-state index in [1.54, 1.807) is 0 Å². The molecule has 0 atom stereocenters. The highest BCUT2D eigenvalue weighted by Crippen LogP contribution is 2.65. The molecular formula is C72H59NO. The first-order valence-corrected chi connectivity index (χ1v) is 26.4. The van der Waals surface area contributed by atoms with Crippen LogP contribution in [0.3, 0.4) is 0 Å². The quantitative estimate of drug-likeness (QED) is 0.171. The first-order chi connectivity index (χ1) is 35.7. The fraction of sp³-hybridized carbons (Fsp3) is 0.167. The van der Waals surface area contributed by atoms with Gasteiger partial charge < -0.3 is 9.32 Å². The van der Waals surface area contributed by atoms with E-state index >= 15 is 0 Å². The fourth-order valence-corrected chi connectivity index (χ4v) is 13.4. The third kappa shape index (κ3) is 6.18. The highest BCUT2D eigenvalue weighted by atomic mass is 16.3. The van der Waals surface area contributed by atoms with E-state index in [1.807, 2.05) is 0 Å². The summed E-state index contributed by atoms with van der Waals surface area (Å²) in [5.41, 5.74) is 27.4. The summed E-state index contributed by atoms with van der Waals surface area (Å²) in [7, 11) is 0. The molecule has 1 heterocycles. The molecule has 2 heteroatoms. The van der Waals surface area contributed by atoms with Gasteiger partial charge in [0.2, 0.25) is 0 Å². The molecule has 0 N–H and O–H groups in total. The number of rotatable bonds is 5. The molecule has 0 fully saturated rings. The molecule has 0 unspecified atom stereocenters. The van der Waals surface area contributed by atoms with Crippen molar-refractivity contribution >= 4 is 39.0 Å². The minimum Gasteiger partial charge on any atom is -0.455 e. The van der Waals surface area contributed by atoms with Crippen molar-refractivity contribution in [1.29, 1.82) is 0 Å². The predicted molar refractivity (Wildman–Crippen MR) is 311 cm³/mol. The molecule has 0 amide bonds. The molecule has 358 valence electrons. The van der Waals surface area contributed by atoms with Crippen molar-refractivity contribution < 1.29 is 4.42 Å². The SMILES string of the molecule is CC(C)(C)c1ccc2c(c1)C1(c3ccccc3-c3ccc(N(c4ccccc4-c4cccc5c4-c4ccccc4C5(C)C)c4ccccc4-c4cccc5c4oc4ccccc45)cc31)c1cc(C(C)(C)C)ccc1-2. The van der Waals surface area contributed by atoms with Crippen LogP contribution in [0, 0.1) is 0 Å². The third-order valence-corrected chi connectivity index (χ3v) is 17.0. The van der Waals surface area contributed by atoms with Gasteiger partial charge in [0.05, 0.1) is 16.8 Å². The lowest BCUT2D eigenvalue weighted by molar-refractivity contribution is 0.586. The molecule has 0 radical (unpaired) electrons. The molecule has 14 rings (SSSR count). The van der Waals surface area contributed by atoms with Gasteiger partial charge in [-0.2, -0.15) is 0 Å². The molecule has 10 aromatic carbocycles. The second kappa shape index (κ2) is 15.7. The number of hydrogen-bond acceptors (Lipinski definition) is 2. The maximum Gasteiger partial charge on any atom is 0.143 e. The number of fused-ring (bicyclic) bond motifs is 16. The molecular weight excluding hydrogens is 895 g/mol. The van der Waals surface area contributed by atoms with E-state index < -0.39 is 5.41 Å². The van der Waals surface area contributed by atoms with Gasteiger partial charge >= 0.3 is 0 Å². The van der Waals surface area contributed by atoms with Crippen LogP contribution in [0.4, 0.5) is 17.1 Å². The van der Waals surface area contributed by atoms with Gasteiger partial charge in [-0.15, -0.1) is 0 Å². The van der Waals surface area contributed by atoms with Gasteiger partial charge in [0.25, 0.3) is 0 Å². The van der Waals surface area contributed by atoms with Crippen molar-refractivity contribution in [3.05, 3.63) is 257 Å². The van der Waals surface area contributed by atoms with Gasteiger partial charge in [0.15, 0.2) is 0 Å². The maximum atomic E-state index is 6.85. The zero-order valence-corrected chi connectivity index (χ0v) is 43.6. The standard InChI is InChI=1S/C72H59NO/c1-69(2,3)44-35-38-48-49-39-36-45(70(4,5)6)42-62(49)72(61(48)41-44)59-30-15-9-21-47(59)50-40-37-46(43-63(50)72)73(65-33-17-12-23-52(65)55-27-19-28-56-53-24-13-18-34-66(53)74-68(55)56)64-32-16-11-22-51(64)54-26-20-31-60-67(54)57-25-10-14-29-58(57)71(60,7)8/h9-43H,1-8H3. The minimum absolute atomic E-state index is 0.0510. The Hall–Kier alpha value is -8.20. The van der Waals surface area contributed by atoms with Gasteiger partial charge in [0.1, 0.15) is 11.2 Å². The molecule has 3 aliphatic carbocycles. The van der Waals surface area contributed by atoms with Gasteiger partial charge in [-0.1, -0.05) is 237 Å². The molecule has 0 bridgehead atoms. The van der Waals surface area contributed by atoms with E-state index in [4.69, 9.17) is 4.42 Å². The highest BCUT2D eigenvalue weighted by molar-refractivity contribution is 6.11. The summed E-state index contributed by atoms with van der Waals surface area (Å²) >= 11 is 0. The van der Waals surface area contributed by atoms with Crippen LogP contribution in [-0.4, -0.2) is 0 Å². The first-order valence-electron chi connectivity index (χ1n) is 26.4. The van der Waals surface area contributed by atoms with E-state index in [-0.39, 0.29) is 16.2 Å². The van der Waals surface area contributed by atoms with Gasteiger partial charge in [0, 0.05) is 38.6 Å².